The van der Waals surface area contributed by atoms with Gasteiger partial charge in [-0.25, -0.2) is 0 Å². The number of aromatic hydroxyl groups is 1. The highest BCUT2D eigenvalue weighted by Crippen LogP contribution is 2.24. The molecule has 0 aliphatic carbocycles. The number of aromatic nitrogens is 2. The van der Waals surface area contributed by atoms with E-state index in [0.717, 1.165) is 11.8 Å². The van der Waals surface area contributed by atoms with Crippen LogP contribution in [0.4, 0.5) is 11.4 Å². The molecule has 1 unspecified atom stereocenters. The largest absolute Gasteiger partial charge is 0.492 e. The summed E-state index contributed by atoms with van der Waals surface area (Å²) in [5, 5.41) is 14.6. The van der Waals surface area contributed by atoms with Crippen LogP contribution in [0.1, 0.15) is 13.8 Å². The fourth-order valence-corrected chi connectivity index (χ4v) is 2.80. The number of aromatic amines is 1. The second-order valence-corrected chi connectivity index (χ2v) is 6.78. The van der Waals surface area contributed by atoms with Gasteiger partial charge in [0, 0.05) is 17.6 Å². The van der Waals surface area contributed by atoms with Crippen LogP contribution in [0.2, 0.25) is 5.02 Å². The van der Waals surface area contributed by atoms with Crippen molar-refractivity contribution in [1.82, 2.24) is 9.97 Å². The molecule has 1 aromatic carbocycles. The van der Waals surface area contributed by atoms with Crippen molar-refractivity contribution < 1.29 is 14.7 Å². The molecule has 132 valence electrons. The summed E-state index contributed by atoms with van der Waals surface area (Å²) in [6.07, 6.45) is 0. The molecule has 0 spiro atoms. The number of H-pyrrole nitrogens is 1. The van der Waals surface area contributed by atoms with Gasteiger partial charge in [-0.1, -0.05) is 29.4 Å². The highest BCUT2D eigenvalue weighted by atomic mass is 35.5. The molecule has 0 radical (unpaired) electrons. The Bertz CT molecular complexity index is 871. The van der Waals surface area contributed by atoms with E-state index in [0.29, 0.717) is 10.7 Å². The predicted octanol–water partition coefficient (Wildman–Crippen LogP) is 2.21. The first-order chi connectivity index (χ1) is 11.8. The van der Waals surface area contributed by atoms with Gasteiger partial charge in [0.05, 0.1) is 5.25 Å². The van der Waals surface area contributed by atoms with Crippen LogP contribution >= 0.6 is 23.4 Å². The maximum Gasteiger partial charge on any atom is 0.279 e. The lowest BCUT2D eigenvalue weighted by Gasteiger charge is -2.12. The fourth-order valence-electron chi connectivity index (χ4n) is 1.82. The Kier molecular flexibility index (Phi) is 6.05. The summed E-state index contributed by atoms with van der Waals surface area (Å²) < 4.78 is 0. The molecule has 1 aromatic heterocycles. The second kappa shape index (κ2) is 8.04. The van der Waals surface area contributed by atoms with Gasteiger partial charge in [-0.3, -0.25) is 19.4 Å². The Morgan fingerprint density at radius 2 is 2.08 bits per heavy atom. The van der Waals surface area contributed by atoms with Crippen LogP contribution < -0.4 is 16.2 Å². The number of halogens is 1. The van der Waals surface area contributed by atoms with Crippen LogP contribution in [-0.2, 0) is 9.59 Å². The Hall–Kier alpha value is -2.52. The minimum atomic E-state index is -0.715. The van der Waals surface area contributed by atoms with E-state index in [9.17, 15) is 19.5 Å². The number of hydrogen-bond acceptors (Lipinski definition) is 6. The Morgan fingerprint density at radius 3 is 2.68 bits per heavy atom. The standard InChI is InChI=1S/C15H15ClN4O4S/c1-7(12(22)18-10-5-3-4-9(16)6-10)25-15-19-13(23)11(14(24)20-15)17-8(2)21/h3-7H,1-2H3,(H,17,21)(H,18,22)(H2,19,20,23,24). The first-order valence-electron chi connectivity index (χ1n) is 7.10. The molecule has 2 amide bonds. The number of hydrogen-bond donors (Lipinski definition) is 4. The molecule has 0 bridgehead atoms. The third kappa shape index (κ3) is 5.23. The number of carbonyl (C=O) groups excluding carboxylic acids is 2. The van der Waals surface area contributed by atoms with Crippen molar-refractivity contribution in [2.75, 3.05) is 10.6 Å². The van der Waals surface area contributed by atoms with E-state index in [1.165, 1.54) is 6.92 Å². The van der Waals surface area contributed by atoms with Crippen molar-refractivity contribution in [2.24, 2.45) is 0 Å². The average Bonchev–Trinajstić information content (AvgIpc) is 2.50. The molecule has 1 atom stereocenters. The van der Waals surface area contributed by atoms with E-state index in [1.54, 1.807) is 31.2 Å². The first-order valence-corrected chi connectivity index (χ1v) is 8.36. The maximum absolute atomic E-state index is 12.2. The lowest BCUT2D eigenvalue weighted by Crippen LogP contribution is -2.24. The highest BCUT2D eigenvalue weighted by molar-refractivity contribution is 8.00. The van der Waals surface area contributed by atoms with Gasteiger partial charge in [-0.05, 0) is 25.1 Å². The van der Waals surface area contributed by atoms with Gasteiger partial charge in [0.2, 0.25) is 17.7 Å². The summed E-state index contributed by atoms with van der Waals surface area (Å²) in [4.78, 5) is 41.2. The molecule has 2 aromatic rings. The molecule has 0 saturated carbocycles. The van der Waals surface area contributed by atoms with Gasteiger partial charge in [0.25, 0.3) is 5.56 Å². The third-order valence-electron chi connectivity index (χ3n) is 2.93. The second-order valence-electron chi connectivity index (χ2n) is 5.01. The molecule has 25 heavy (non-hydrogen) atoms. The zero-order valence-corrected chi connectivity index (χ0v) is 14.9. The molecule has 0 aliphatic heterocycles. The number of nitrogens with zero attached hydrogens (tertiary/aromatic N) is 1. The molecule has 0 fully saturated rings. The van der Waals surface area contributed by atoms with E-state index < -0.39 is 22.6 Å². The SMILES string of the molecule is CC(=O)Nc1c(O)nc(SC(C)C(=O)Nc2cccc(Cl)c2)[nH]c1=O. The Labute approximate surface area is 152 Å². The summed E-state index contributed by atoms with van der Waals surface area (Å²) in [6.45, 7) is 2.81. The quantitative estimate of drug-likeness (QED) is 0.464. The minimum absolute atomic E-state index is 0.0466. The number of amides is 2. The summed E-state index contributed by atoms with van der Waals surface area (Å²) in [5.74, 6) is -1.47. The molecular formula is C15H15ClN4O4S. The van der Waals surface area contributed by atoms with E-state index in [4.69, 9.17) is 11.6 Å². The van der Waals surface area contributed by atoms with Crippen LogP contribution in [-0.4, -0.2) is 32.1 Å². The summed E-state index contributed by atoms with van der Waals surface area (Å²) in [6, 6.07) is 6.68. The zero-order valence-electron chi connectivity index (χ0n) is 13.3. The average molecular weight is 383 g/mol. The van der Waals surface area contributed by atoms with Crippen molar-refractivity contribution in [1.29, 1.82) is 0 Å². The summed E-state index contributed by atoms with van der Waals surface area (Å²) >= 11 is 6.81. The Balaban J connectivity index is 2.09. The van der Waals surface area contributed by atoms with Crippen LogP contribution in [0.3, 0.4) is 0 Å². The van der Waals surface area contributed by atoms with Gasteiger partial charge < -0.3 is 15.7 Å². The van der Waals surface area contributed by atoms with Crippen LogP contribution in [0.25, 0.3) is 0 Å². The van der Waals surface area contributed by atoms with E-state index in [-0.39, 0.29) is 16.8 Å². The zero-order chi connectivity index (χ0) is 18.6. The molecule has 1 heterocycles. The molecule has 0 saturated heterocycles. The molecule has 10 heteroatoms. The molecule has 4 N–H and O–H groups in total. The van der Waals surface area contributed by atoms with E-state index in [1.807, 2.05) is 0 Å². The van der Waals surface area contributed by atoms with Crippen molar-refractivity contribution in [3.8, 4) is 5.88 Å². The van der Waals surface area contributed by atoms with Crippen molar-refractivity contribution in [3.05, 3.63) is 39.6 Å². The maximum atomic E-state index is 12.2. The van der Waals surface area contributed by atoms with Crippen molar-refractivity contribution in [2.45, 2.75) is 24.3 Å². The van der Waals surface area contributed by atoms with Gasteiger partial charge in [-0.2, -0.15) is 4.98 Å². The van der Waals surface area contributed by atoms with Gasteiger partial charge in [0.15, 0.2) is 10.8 Å². The van der Waals surface area contributed by atoms with E-state index in [2.05, 4.69) is 20.6 Å². The fraction of sp³-hybridized carbons (Fsp3) is 0.200. The highest BCUT2D eigenvalue weighted by Gasteiger charge is 2.18. The molecule has 8 nitrogen and oxygen atoms in total. The number of rotatable bonds is 5. The lowest BCUT2D eigenvalue weighted by atomic mass is 10.3. The smallest absolute Gasteiger partial charge is 0.279 e. The van der Waals surface area contributed by atoms with Crippen LogP contribution in [0.15, 0.2) is 34.2 Å². The summed E-state index contributed by atoms with van der Waals surface area (Å²) in [5.41, 5.74) is -0.518. The normalized spacial score (nSPS) is 11.6. The van der Waals surface area contributed by atoms with Crippen LogP contribution in [0, 0.1) is 0 Å². The molecule has 2 rings (SSSR count). The topological polar surface area (TPSA) is 124 Å². The van der Waals surface area contributed by atoms with Gasteiger partial charge in [-0.15, -0.1) is 0 Å². The van der Waals surface area contributed by atoms with Crippen LogP contribution in [0.5, 0.6) is 5.88 Å². The number of benzene rings is 1. The Morgan fingerprint density at radius 1 is 1.36 bits per heavy atom. The lowest BCUT2D eigenvalue weighted by molar-refractivity contribution is -0.115. The number of anilines is 2. The first kappa shape index (κ1) is 18.8. The minimum Gasteiger partial charge on any atom is -0.492 e. The predicted molar refractivity (Wildman–Crippen MR) is 96.2 cm³/mol. The number of carbonyl (C=O) groups is 2. The number of nitrogens with one attached hydrogen (secondary N) is 3. The van der Waals surface area contributed by atoms with Gasteiger partial charge >= 0.3 is 0 Å². The third-order valence-corrected chi connectivity index (χ3v) is 4.15. The van der Waals surface area contributed by atoms with Gasteiger partial charge in [0.1, 0.15) is 0 Å². The molecular weight excluding hydrogens is 368 g/mol. The summed E-state index contributed by atoms with van der Waals surface area (Å²) in [7, 11) is 0. The molecule has 0 aliphatic rings. The van der Waals surface area contributed by atoms with E-state index >= 15 is 0 Å². The van der Waals surface area contributed by atoms with Crippen molar-refractivity contribution >= 4 is 46.6 Å². The number of thioether (sulfide) groups is 1. The monoisotopic (exact) mass is 382 g/mol. The van der Waals surface area contributed by atoms with Crippen molar-refractivity contribution in [3.63, 3.8) is 0 Å².